The van der Waals surface area contributed by atoms with Gasteiger partial charge in [-0.15, -0.1) is 12.4 Å². The molecule has 2 aromatic carbocycles. The number of piperazine rings is 1. The molecule has 0 aromatic heterocycles. The molecule has 2 N–H and O–H groups in total. The van der Waals surface area contributed by atoms with E-state index in [1.165, 1.54) is 6.92 Å². The van der Waals surface area contributed by atoms with Crippen LogP contribution in [0.4, 0.5) is 5.69 Å². The molecule has 7 nitrogen and oxygen atoms in total. The molecule has 0 bridgehead atoms. The van der Waals surface area contributed by atoms with Gasteiger partial charge in [-0.3, -0.25) is 14.5 Å². The molecule has 0 unspecified atom stereocenters. The van der Waals surface area contributed by atoms with Gasteiger partial charge in [0.2, 0.25) is 0 Å². The first kappa shape index (κ1) is 27.5. The predicted molar refractivity (Wildman–Crippen MR) is 138 cm³/mol. The Balaban J connectivity index is 0.00000408. The van der Waals surface area contributed by atoms with Crippen molar-refractivity contribution in [1.29, 1.82) is 0 Å². The molecule has 0 radical (unpaired) electrons. The van der Waals surface area contributed by atoms with Crippen LogP contribution < -0.4 is 20.1 Å². The normalized spacial score (nSPS) is 13.8. The molecule has 1 aliphatic heterocycles. The van der Waals surface area contributed by atoms with Gasteiger partial charge in [-0.05, 0) is 75.0 Å². The van der Waals surface area contributed by atoms with Gasteiger partial charge in [0.1, 0.15) is 11.5 Å². The second-order valence-electron chi connectivity index (χ2n) is 8.63. The number of ether oxygens (including phenoxy) is 2. The molecule has 0 saturated carbocycles. The molecular formula is C26H36ClN3O4. The van der Waals surface area contributed by atoms with Gasteiger partial charge in [0, 0.05) is 38.8 Å². The lowest BCUT2D eigenvalue weighted by Gasteiger charge is -2.36. The maximum atomic E-state index is 11.7. The Morgan fingerprint density at radius 1 is 1.00 bits per heavy atom. The number of nitrogens with two attached hydrogens (primary N) is 1. The Morgan fingerprint density at radius 3 is 2.32 bits per heavy atom. The highest BCUT2D eigenvalue weighted by Crippen LogP contribution is 2.33. The monoisotopic (exact) mass is 489 g/mol. The summed E-state index contributed by atoms with van der Waals surface area (Å²) in [7, 11) is 0. The average molecular weight is 490 g/mol. The molecule has 1 amide bonds. The number of unbranched alkanes of at least 4 members (excludes halogenated alkanes) is 1. The zero-order valence-electron chi connectivity index (χ0n) is 20.6. The van der Waals surface area contributed by atoms with E-state index in [2.05, 4.69) is 9.80 Å². The number of rotatable bonds is 9. The van der Waals surface area contributed by atoms with Crippen LogP contribution in [0.25, 0.3) is 0 Å². The predicted octanol–water partition coefficient (Wildman–Crippen LogP) is 4.04. The number of primary amides is 1. The quantitative estimate of drug-likeness (QED) is 0.325. The molecule has 1 heterocycles. The lowest BCUT2D eigenvalue weighted by molar-refractivity contribution is -0.131. The number of anilines is 1. The highest BCUT2D eigenvalue weighted by atomic mass is 35.5. The summed E-state index contributed by atoms with van der Waals surface area (Å²) in [5.41, 5.74) is 9.89. The Kier molecular flexibility index (Phi) is 10.2. The van der Waals surface area contributed by atoms with Gasteiger partial charge in [0.25, 0.3) is 5.91 Å². The standard InChI is InChI=1S/C26H35N3O4.ClH/c1-18-17-24(19(2)20(3)25(18)33-21(4)30)32-16-8-7-11-28-12-14-29(15-13-28)23-10-6-5-9-22(23)26(27)31;/h5-6,9-10,17H,7-8,11-16H2,1-4H3,(H2,27,31);1H. The van der Waals surface area contributed by atoms with Crippen LogP contribution in [0.3, 0.4) is 0 Å². The Morgan fingerprint density at radius 2 is 1.68 bits per heavy atom. The fourth-order valence-corrected chi connectivity index (χ4v) is 4.26. The second-order valence-corrected chi connectivity index (χ2v) is 8.63. The van der Waals surface area contributed by atoms with Crippen LogP contribution in [0.5, 0.6) is 11.5 Å². The van der Waals surface area contributed by atoms with E-state index >= 15 is 0 Å². The van der Waals surface area contributed by atoms with Crippen LogP contribution >= 0.6 is 12.4 Å². The minimum atomic E-state index is -0.380. The van der Waals surface area contributed by atoms with E-state index in [4.69, 9.17) is 15.2 Å². The molecule has 186 valence electrons. The summed E-state index contributed by atoms with van der Waals surface area (Å²) in [6.07, 6.45) is 2.02. The van der Waals surface area contributed by atoms with Gasteiger partial charge in [0.05, 0.1) is 12.2 Å². The molecule has 0 aliphatic carbocycles. The van der Waals surface area contributed by atoms with Crippen LogP contribution in [0, 0.1) is 20.8 Å². The highest BCUT2D eigenvalue weighted by Gasteiger charge is 2.20. The van der Waals surface area contributed by atoms with E-state index in [0.29, 0.717) is 17.9 Å². The highest BCUT2D eigenvalue weighted by molar-refractivity contribution is 5.98. The first-order valence-corrected chi connectivity index (χ1v) is 11.6. The van der Waals surface area contributed by atoms with Crippen molar-refractivity contribution in [3.63, 3.8) is 0 Å². The Hall–Kier alpha value is -2.77. The number of para-hydroxylation sites is 1. The largest absolute Gasteiger partial charge is 0.493 e. The molecule has 8 heteroatoms. The van der Waals surface area contributed by atoms with Crippen molar-refractivity contribution in [2.75, 3.05) is 44.2 Å². The van der Waals surface area contributed by atoms with Crippen LogP contribution in [-0.4, -0.2) is 56.1 Å². The SMILES string of the molecule is CC(=O)Oc1c(C)cc(OCCCCN2CCN(c3ccccc3C(N)=O)CC2)c(C)c1C.Cl. The fourth-order valence-electron chi connectivity index (χ4n) is 4.26. The van der Waals surface area contributed by atoms with Crippen molar-refractivity contribution < 1.29 is 19.1 Å². The van der Waals surface area contributed by atoms with E-state index in [-0.39, 0.29) is 24.3 Å². The molecule has 0 spiro atoms. The molecule has 1 fully saturated rings. The topological polar surface area (TPSA) is 85.1 Å². The van der Waals surface area contributed by atoms with Crippen molar-refractivity contribution in [1.82, 2.24) is 4.90 Å². The molecule has 34 heavy (non-hydrogen) atoms. The first-order chi connectivity index (χ1) is 15.8. The number of amides is 1. The maximum absolute atomic E-state index is 11.7. The summed E-state index contributed by atoms with van der Waals surface area (Å²) in [6.45, 7) is 12.7. The van der Waals surface area contributed by atoms with Gasteiger partial charge in [0.15, 0.2) is 0 Å². The van der Waals surface area contributed by atoms with Crippen molar-refractivity contribution in [2.45, 2.75) is 40.5 Å². The van der Waals surface area contributed by atoms with Crippen LogP contribution in [0.2, 0.25) is 0 Å². The van der Waals surface area contributed by atoms with E-state index in [9.17, 15) is 9.59 Å². The Bertz CT molecular complexity index is 1000. The molecule has 2 aromatic rings. The van der Waals surface area contributed by atoms with Crippen molar-refractivity contribution in [3.8, 4) is 11.5 Å². The fraction of sp³-hybridized carbons (Fsp3) is 0.462. The lowest BCUT2D eigenvalue weighted by Crippen LogP contribution is -2.47. The van der Waals surface area contributed by atoms with Crippen LogP contribution in [0.15, 0.2) is 30.3 Å². The number of benzene rings is 2. The van der Waals surface area contributed by atoms with Crippen LogP contribution in [0.1, 0.15) is 46.8 Å². The maximum Gasteiger partial charge on any atom is 0.308 e. The van der Waals surface area contributed by atoms with E-state index in [1.807, 2.05) is 45.0 Å². The zero-order valence-corrected chi connectivity index (χ0v) is 21.4. The second kappa shape index (κ2) is 12.6. The number of carbonyl (C=O) groups excluding carboxylic acids is 2. The Labute approximate surface area is 208 Å². The van der Waals surface area contributed by atoms with Crippen molar-refractivity contribution >= 4 is 30.0 Å². The van der Waals surface area contributed by atoms with Gasteiger partial charge in [-0.2, -0.15) is 0 Å². The average Bonchev–Trinajstić information content (AvgIpc) is 2.80. The number of aryl methyl sites for hydroxylation is 1. The minimum absolute atomic E-state index is 0. The minimum Gasteiger partial charge on any atom is -0.493 e. The molecule has 3 rings (SSSR count). The molecular weight excluding hydrogens is 454 g/mol. The third-order valence-electron chi connectivity index (χ3n) is 6.23. The van der Waals surface area contributed by atoms with E-state index < -0.39 is 0 Å². The summed E-state index contributed by atoms with van der Waals surface area (Å²) >= 11 is 0. The number of nitrogens with zero attached hydrogens (tertiary/aromatic N) is 2. The third-order valence-corrected chi connectivity index (χ3v) is 6.23. The van der Waals surface area contributed by atoms with Crippen molar-refractivity contribution in [2.24, 2.45) is 5.73 Å². The van der Waals surface area contributed by atoms with E-state index in [1.54, 1.807) is 6.07 Å². The molecule has 1 aliphatic rings. The number of halogens is 1. The van der Waals surface area contributed by atoms with Gasteiger partial charge < -0.3 is 20.1 Å². The van der Waals surface area contributed by atoms with E-state index in [0.717, 1.165) is 73.7 Å². The van der Waals surface area contributed by atoms with Gasteiger partial charge in [-0.1, -0.05) is 12.1 Å². The lowest BCUT2D eigenvalue weighted by atomic mass is 10.0. The smallest absolute Gasteiger partial charge is 0.308 e. The number of esters is 1. The zero-order chi connectivity index (χ0) is 24.0. The van der Waals surface area contributed by atoms with Gasteiger partial charge >= 0.3 is 5.97 Å². The number of hydrogen-bond donors (Lipinski definition) is 1. The third kappa shape index (κ3) is 6.87. The first-order valence-electron chi connectivity index (χ1n) is 11.6. The van der Waals surface area contributed by atoms with Crippen LogP contribution in [-0.2, 0) is 4.79 Å². The molecule has 0 atom stereocenters. The molecule has 1 saturated heterocycles. The van der Waals surface area contributed by atoms with Crippen molar-refractivity contribution in [3.05, 3.63) is 52.6 Å². The summed E-state index contributed by atoms with van der Waals surface area (Å²) in [5.74, 6) is 0.787. The van der Waals surface area contributed by atoms with Gasteiger partial charge in [-0.25, -0.2) is 0 Å². The number of carbonyl (C=O) groups is 2. The summed E-state index contributed by atoms with van der Waals surface area (Å²) in [5, 5.41) is 0. The summed E-state index contributed by atoms with van der Waals surface area (Å²) < 4.78 is 11.4. The summed E-state index contributed by atoms with van der Waals surface area (Å²) in [6, 6.07) is 9.50. The number of hydrogen-bond acceptors (Lipinski definition) is 6. The summed E-state index contributed by atoms with van der Waals surface area (Å²) in [4.78, 5) is 27.7.